The second-order valence-electron chi connectivity index (χ2n) is 5.26. The van der Waals surface area contributed by atoms with Gasteiger partial charge >= 0.3 is 0 Å². The number of nitrogens with zero attached hydrogens (tertiary/aromatic N) is 1. The largest absolute Gasteiger partial charge is 0.259 e. The van der Waals surface area contributed by atoms with Gasteiger partial charge in [0.15, 0.2) is 0 Å². The highest BCUT2D eigenvalue weighted by Gasteiger charge is 2.25. The molecule has 0 radical (unpaired) electrons. The van der Waals surface area contributed by atoms with Crippen molar-refractivity contribution in [2.24, 2.45) is 4.99 Å². The van der Waals surface area contributed by atoms with E-state index in [-0.39, 0.29) is 11.7 Å². The molecule has 0 saturated heterocycles. The van der Waals surface area contributed by atoms with Crippen LogP contribution in [0.2, 0.25) is 0 Å². The lowest BCUT2D eigenvalue weighted by atomic mass is 9.92. The van der Waals surface area contributed by atoms with Crippen molar-refractivity contribution in [3.8, 4) is 0 Å². The average Bonchev–Trinajstić information content (AvgIpc) is 2.81. The van der Waals surface area contributed by atoms with E-state index in [1.807, 2.05) is 0 Å². The molecule has 1 aliphatic rings. The molecule has 1 aromatic heterocycles. The monoisotopic (exact) mass is 319 g/mol. The van der Waals surface area contributed by atoms with Crippen molar-refractivity contribution in [2.45, 2.75) is 26.2 Å². The lowest BCUT2D eigenvalue weighted by Crippen LogP contribution is -2.12. The average molecular weight is 320 g/mol. The molecule has 0 amide bonds. The van der Waals surface area contributed by atoms with Crippen LogP contribution in [0.25, 0.3) is 0 Å². The smallest absolute Gasteiger partial charge is 0.123 e. The van der Waals surface area contributed by atoms with E-state index in [0.717, 1.165) is 22.7 Å². The van der Waals surface area contributed by atoms with Crippen LogP contribution in [-0.4, -0.2) is 5.71 Å². The second kappa shape index (κ2) is 5.74. The topological polar surface area (TPSA) is 12.4 Å². The molecule has 0 fully saturated rings. The van der Waals surface area contributed by atoms with Gasteiger partial charge in [0.05, 0.1) is 0 Å². The molecule has 3 rings (SSSR count). The maximum absolute atomic E-state index is 13.0. The number of thiophene rings is 1. The van der Waals surface area contributed by atoms with E-state index in [1.165, 1.54) is 28.1 Å². The maximum atomic E-state index is 13.0. The van der Waals surface area contributed by atoms with Crippen LogP contribution >= 0.6 is 22.9 Å². The van der Waals surface area contributed by atoms with Gasteiger partial charge in [-0.2, -0.15) is 0 Å². The molecule has 0 aliphatic carbocycles. The van der Waals surface area contributed by atoms with Crippen molar-refractivity contribution in [3.05, 3.63) is 68.3 Å². The summed E-state index contributed by atoms with van der Waals surface area (Å²) in [6.07, 6.45) is 2.48. The molecule has 2 aromatic rings. The fraction of sp³-hybridized carbons (Fsp3) is 0.235. The van der Waals surface area contributed by atoms with Crippen molar-refractivity contribution in [1.82, 2.24) is 0 Å². The van der Waals surface area contributed by atoms with Gasteiger partial charge < -0.3 is 0 Å². The SMILES string of the molecule is Cc1csc(C2CC(c3ccc(F)cc3)=NC=C2Cl)c1C. The Hall–Kier alpha value is -1.45. The Bertz CT molecular complexity index is 728. The number of rotatable bonds is 2. The van der Waals surface area contributed by atoms with Crippen LogP contribution in [0.15, 0.2) is 45.9 Å². The van der Waals surface area contributed by atoms with Crippen molar-refractivity contribution < 1.29 is 4.39 Å². The lowest BCUT2D eigenvalue weighted by Gasteiger charge is -2.21. The minimum atomic E-state index is -0.231. The normalized spacial score (nSPS) is 18.4. The molecule has 1 atom stereocenters. The number of allylic oxidation sites excluding steroid dienone is 1. The van der Waals surface area contributed by atoms with E-state index < -0.39 is 0 Å². The summed E-state index contributed by atoms with van der Waals surface area (Å²) in [6.45, 7) is 4.25. The molecule has 0 spiro atoms. The zero-order valence-corrected chi connectivity index (χ0v) is 13.4. The standard InChI is InChI=1S/C17H15ClFNS/c1-10-9-21-17(11(10)2)14-7-16(20-8-15(14)18)12-3-5-13(19)6-4-12/h3-6,8-9,14H,7H2,1-2H3. The third-order valence-electron chi connectivity index (χ3n) is 3.89. The van der Waals surface area contributed by atoms with Gasteiger partial charge in [0.1, 0.15) is 5.82 Å². The summed E-state index contributed by atoms with van der Waals surface area (Å²) in [5.41, 5.74) is 4.50. The van der Waals surface area contributed by atoms with E-state index in [9.17, 15) is 4.39 Å². The Morgan fingerprint density at radius 1 is 1.24 bits per heavy atom. The molecule has 1 nitrogen and oxygen atoms in total. The number of hydrogen-bond donors (Lipinski definition) is 0. The Balaban J connectivity index is 1.94. The van der Waals surface area contributed by atoms with Gasteiger partial charge in [0, 0.05) is 34.2 Å². The molecule has 0 N–H and O–H groups in total. The van der Waals surface area contributed by atoms with Crippen molar-refractivity contribution >= 4 is 28.6 Å². The molecule has 21 heavy (non-hydrogen) atoms. The zero-order chi connectivity index (χ0) is 15.0. The van der Waals surface area contributed by atoms with Crippen molar-refractivity contribution in [1.29, 1.82) is 0 Å². The Labute approximate surface area is 132 Å². The highest BCUT2D eigenvalue weighted by Crippen LogP contribution is 2.40. The van der Waals surface area contributed by atoms with Crippen LogP contribution in [0.4, 0.5) is 4.39 Å². The minimum Gasteiger partial charge on any atom is -0.259 e. The molecule has 1 unspecified atom stereocenters. The predicted octanol–water partition coefficient (Wildman–Crippen LogP) is 5.56. The van der Waals surface area contributed by atoms with Gasteiger partial charge in [-0.1, -0.05) is 23.7 Å². The van der Waals surface area contributed by atoms with E-state index in [1.54, 1.807) is 29.7 Å². The summed E-state index contributed by atoms with van der Waals surface area (Å²) in [5.74, 6) is -0.0760. The quantitative estimate of drug-likeness (QED) is 0.687. The molecule has 2 heterocycles. The van der Waals surface area contributed by atoms with Crippen LogP contribution in [0.1, 0.15) is 33.9 Å². The van der Waals surface area contributed by atoms with Crippen molar-refractivity contribution in [2.75, 3.05) is 0 Å². The van der Waals surface area contributed by atoms with Crippen LogP contribution in [0.3, 0.4) is 0 Å². The van der Waals surface area contributed by atoms with E-state index >= 15 is 0 Å². The molecule has 0 saturated carbocycles. The van der Waals surface area contributed by atoms with Gasteiger partial charge in [-0.05, 0) is 48.1 Å². The first kappa shape index (κ1) is 14.5. The maximum Gasteiger partial charge on any atom is 0.123 e. The molecular weight excluding hydrogens is 305 g/mol. The van der Waals surface area contributed by atoms with Gasteiger partial charge in [0.2, 0.25) is 0 Å². The first-order valence-corrected chi connectivity index (χ1v) is 8.05. The first-order valence-electron chi connectivity index (χ1n) is 6.79. The molecule has 1 aromatic carbocycles. The third-order valence-corrected chi connectivity index (χ3v) is 5.57. The second-order valence-corrected chi connectivity index (χ2v) is 6.61. The van der Waals surface area contributed by atoms with Gasteiger partial charge in [-0.15, -0.1) is 11.3 Å². The molecule has 1 aliphatic heterocycles. The summed E-state index contributed by atoms with van der Waals surface area (Å²) in [5, 5.41) is 2.93. The Morgan fingerprint density at radius 3 is 2.57 bits per heavy atom. The summed E-state index contributed by atoms with van der Waals surface area (Å²) < 4.78 is 13.0. The van der Waals surface area contributed by atoms with Gasteiger partial charge in [0.25, 0.3) is 0 Å². The molecule has 108 valence electrons. The predicted molar refractivity (Wildman–Crippen MR) is 88.0 cm³/mol. The molecular formula is C17H15ClFNS. The van der Waals surface area contributed by atoms with E-state index in [0.29, 0.717) is 0 Å². The summed E-state index contributed by atoms with van der Waals surface area (Å²) in [6, 6.07) is 6.47. The van der Waals surface area contributed by atoms with Crippen LogP contribution < -0.4 is 0 Å². The van der Waals surface area contributed by atoms with Gasteiger partial charge in [-0.25, -0.2) is 4.39 Å². The summed E-state index contributed by atoms with van der Waals surface area (Å²) >= 11 is 8.12. The zero-order valence-electron chi connectivity index (χ0n) is 11.9. The number of halogens is 2. The van der Waals surface area contributed by atoms with E-state index in [2.05, 4.69) is 24.2 Å². The van der Waals surface area contributed by atoms with Crippen molar-refractivity contribution in [3.63, 3.8) is 0 Å². The lowest BCUT2D eigenvalue weighted by molar-refractivity contribution is 0.627. The van der Waals surface area contributed by atoms with E-state index in [4.69, 9.17) is 11.6 Å². The fourth-order valence-electron chi connectivity index (χ4n) is 2.49. The number of benzene rings is 1. The fourth-order valence-corrected chi connectivity index (χ4v) is 3.98. The van der Waals surface area contributed by atoms with Crippen LogP contribution in [-0.2, 0) is 0 Å². The minimum absolute atomic E-state index is 0.155. The summed E-state index contributed by atoms with van der Waals surface area (Å²) in [4.78, 5) is 5.72. The summed E-state index contributed by atoms with van der Waals surface area (Å²) in [7, 11) is 0. The highest BCUT2D eigenvalue weighted by atomic mass is 35.5. The van der Waals surface area contributed by atoms with Crippen LogP contribution in [0.5, 0.6) is 0 Å². The number of aryl methyl sites for hydroxylation is 1. The Morgan fingerprint density at radius 2 is 1.95 bits per heavy atom. The third kappa shape index (κ3) is 2.81. The highest BCUT2D eigenvalue weighted by molar-refractivity contribution is 7.10. The molecule has 0 bridgehead atoms. The number of hydrogen-bond acceptors (Lipinski definition) is 2. The first-order chi connectivity index (χ1) is 10.1. The van der Waals surface area contributed by atoms with Gasteiger partial charge in [-0.3, -0.25) is 4.99 Å². The Kier molecular flexibility index (Phi) is 3.96. The molecule has 4 heteroatoms. The number of aliphatic imine (C=N–C) groups is 1. The van der Waals surface area contributed by atoms with Crippen LogP contribution in [0, 0.1) is 19.7 Å².